The van der Waals surface area contributed by atoms with Crippen molar-refractivity contribution in [3.8, 4) is 11.4 Å². The molecule has 0 aliphatic carbocycles. The third-order valence-corrected chi connectivity index (χ3v) is 3.81. The van der Waals surface area contributed by atoms with Gasteiger partial charge in [0.15, 0.2) is 5.82 Å². The number of halogens is 2. The van der Waals surface area contributed by atoms with Gasteiger partial charge in [0.2, 0.25) is 0 Å². The van der Waals surface area contributed by atoms with Crippen molar-refractivity contribution in [2.24, 2.45) is 0 Å². The summed E-state index contributed by atoms with van der Waals surface area (Å²) in [6, 6.07) is 4.77. The highest BCUT2D eigenvalue weighted by molar-refractivity contribution is 9.10. The average molecular weight is 311 g/mol. The van der Waals surface area contributed by atoms with E-state index in [1.54, 1.807) is 6.07 Å². The predicted molar refractivity (Wildman–Crippen MR) is 69.5 cm³/mol. The summed E-state index contributed by atoms with van der Waals surface area (Å²) >= 11 is 3.43. The van der Waals surface area contributed by atoms with Crippen molar-refractivity contribution in [3.63, 3.8) is 0 Å². The Morgan fingerprint density at radius 1 is 1.44 bits per heavy atom. The molecule has 1 aromatic carbocycles. The number of benzene rings is 1. The third kappa shape index (κ3) is 1.85. The van der Waals surface area contributed by atoms with E-state index in [2.05, 4.69) is 31.4 Å². The minimum absolute atomic E-state index is 0.173. The summed E-state index contributed by atoms with van der Waals surface area (Å²) in [5.74, 6) is 1.34. The van der Waals surface area contributed by atoms with E-state index >= 15 is 0 Å². The summed E-state index contributed by atoms with van der Waals surface area (Å²) in [4.78, 5) is 0. The van der Waals surface area contributed by atoms with Crippen molar-refractivity contribution in [3.05, 3.63) is 34.3 Å². The molecule has 94 valence electrons. The van der Waals surface area contributed by atoms with Crippen molar-refractivity contribution < 1.29 is 4.39 Å². The van der Waals surface area contributed by atoms with Gasteiger partial charge in [-0.15, -0.1) is 10.2 Å². The Bertz CT molecular complexity index is 596. The molecule has 1 N–H and O–H groups in total. The Morgan fingerprint density at radius 2 is 2.28 bits per heavy atom. The van der Waals surface area contributed by atoms with Crippen LogP contribution < -0.4 is 5.32 Å². The van der Waals surface area contributed by atoms with Crippen LogP contribution in [0.15, 0.2) is 22.7 Å². The summed E-state index contributed by atoms with van der Waals surface area (Å²) < 4.78 is 16.2. The number of fused-ring (bicyclic) bond motifs is 1. The maximum Gasteiger partial charge on any atom is 0.165 e. The number of aromatic nitrogens is 3. The van der Waals surface area contributed by atoms with Gasteiger partial charge in [0.05, 0.1) is 6.04 Å². The number of nitrogens with zero attached hydrogens (tertiary/aromatic N) is 3. The van der Waals surface area contributed by atoms with E-state index in [1.165, 1.54) is 12.1 Å². The zero-order valence-electron chi connectivity index (χ0n) is 9.82. The first-order chi connectivity index (χ1) is 8.66. The van der Waals surface area contributed by atoms with Crippen LogP contribution >= 0.6 is 15.9 Å². The van der Waals surface area contributed by atoms with Crippen LogP contribution in [0, 0.1) is 5.82 Å². The highest BCUT2D eigenvalue weighted by Gasteiger charge is 2.23. The van der Waals surface area contributed by atoms with Gasteiger partial charge in [-0.1, -0.05) is 15.9 Å². The van der Waals surface area contributed by atoms with Crippen molar-refractivity contribution in [1.82, 2.24) is 20.1 Å². The molecule has 1 aliphatic rings. The summed E-state index contributed by atoms with van der Waals surface area (Å²) in [6.45, 7) is 3.71. The Kier molecular flexibility index (Phi) is 2.91. The topological polar surface area (TPSA) is 42.7 Å². The molecule has 3 rings (SSSR count). The average Bonchev–Trinajstić information content (AvgIpc) is 2.77. The van der Waals surface area contributed by atoms with Gasteiger partial charge in [0, 0.05) is 23.1 Å². The number of nitrogens with one attached hydrogen (secondary N) is 1. The van der Waals surface area contributed by atoms with Crippen LogP contribution in [-0.4, -0.2) is 21.3 Å². The second kappa shape index (κ2) is 4.44. The minimum Gasteiger partial charge on any atom is -0.308 e. The first-order valence-electron chi connectivity index (χ1n) is 5.78. The number of rotatable bonds is 1. The van der Waals surface area contributed by atoms with Gasteiger partial charge in [0.1, 0.15) is 11.6 Å². The summed E-state index contributed by atoms with van der Waals surface area (Å²) in [7, 11) is 0. The molecule has 1 aromatic heterocycles. The SMILES string of the molecule is CC1NCCn2c(-c3cc(F)ccc3Br)nnc21. The molecule has 2 aromatic rings. The second-order valence-corrected chi connectivity index (χ2v) is 5.19. The van der Waals surface area contributed by atoms with Crippen molar-refractivity contribution in [1.29, 1.82) is 0 Å². The van der Waals surface area contributed by atoms with E-state index in [0.29, 0.717) is 5.82 Å². The quantitative estimate of drug-likeness (QED) is 0.880. The molecule has 1 aliphatic heterocycles. The van der Waals surface area contributed by atoms with E-state index in [4.69, 9.17) is 0 Å². The molecule has 4 nitrogen and oxygen atoms in total. The molecular weight excluding hydrogens is 299 g/mol. The molecule has 0 saturated carbocycles. The Hall–Kier alpha value is -1.27. The maximum absolute atomic E-state index is 13.4. The van der Waals surface area contributed by atoms with Crippen LogP contribution in [-0.2, 0) is 6.54 Å². The lowest BCUT2D eigenvalue weighted by Gasteiger charge is -2.22. The number of hydrogen-bond acceptors (Lipinski definition) is 3. The van der Waals surface area contributed by atoms with Crippen LogP contribution in [0.3, 0.4) is 0 Å². The standard InChI is InChI=1S/C12H12BrFN4/c1-7-11-16-17-12(18(11)5-4-15-7)9-6-8(14)2-3-10(9)13/h2-3,6-7,15H,4-5H2,1H3. The molecule has 0 radical (unpaired) electrons. The molecule has 18 heavy (non-hydrogen) atoms. The van der Waals surface area contributed by atoms with E-state index in [1.807, 2.05) is 11.5 Å². The van der Waals surface area contributed by atoms with Gasteiger partial charge in [-0.2, -0.15) is 0 Å². The van der Waals surface area contributed by atoms with Gasteiger partial charge in [0.25, 0.3) is 0 Å². The lowest BCUT2D eigenvalue weighted by atomic mass is 10.2. The van der Waals surface area contributed by atoms with Gasteiger partial charge in [-0.3, -0.25) is 0 Å². The van der Waals surface area contributed by atoms with Gasteiger partial charge in [-0.05, 0) is 25.1 Å². The monoisotopic (exact) mass is 310 g/mol. The molecule has 0 spiro atoms. The van der Waals surface area contributed by atoms with Crippen molar-refractivity contribution >= 4 is 15.9 Å². The normalized spacial score (nSPS) is 18.7. The molecule has 1 atom stereocenters. The van der Waals surface area contributed by atoms with E-state index in [0.717, 1.165) is 29.0 Å². The summed E-state index contributed by atoms with van der Waals surface area (Å²) in [5, 5.41) is 11.7. The highest BCUT2D eigenvalue weighted by Crippen LogP contribution is 2.30. The second-order valence-electron chi connectivity index (χ2n) is 4.33. The first-order valence-corrected chi connectivity index (χ1v) is 6.58. The smallest absolute Gasteiger partial charge is 0.165 e. The fraction of sp³-hybridized carbons (Fsp3) is 0.333. The summed E-state index contributed by atoms with van der Waals surface area (Å²) in [6.07, 6.45) is 0. The van der Waals surface area contributed by atoms with Crippen LogP contribution in [0.25, 0.3) is 11.4 Å². The van der Waals surface area contributed by atoms with Crippen LogP contribution in [0.4, 0.5) is 4.39 Å². The Morgan fingerprint density at radius 3 is 3.11 bits per heavy atom. The molecule has 0 bridgehead atoms. The van der Waals surface area contributed by atoms with Crippen LogP contribution in [0.5, 0.6) is 0 Å². The van der Waals surface area contributed by atoms with Gasteiger partial charge in [-0.25, -0.2) is 4.39 Å². The van der Waals surface area contributed by atoms with E-state index in [-0.39, 0.29) is 11.9 Å². The first kappa shape index (κ1) is 11.8. The van der Waals surface area contributed by atoms with Gasteiger partial charge >= 0.3 is 0 Å². The predicted octanol–water partition coefficient (Wildman–Crippen LogP) is 2.51. The van der Waals surface area contributed by atoms with E-state index < -0.39 is 0 Å². The fourth-order valence-electron chi connectivity index (χ4n) is 2.21. The Labute approximate surface area is 112 Å². The largest absolute Gasteiger partial charge is 0.308 e. The summed E-state index contributed by atoms with van der Waals surface area (Å²) in [5.41, 5.74) is 0.739. The van der Waals surface area contributed by atoms with Gasteiger partial charge < -0.3 is 9.88 Å². The third-order valence-electron chi connectivity index (χ3n) is 3.12. The lowest BCUT2D eigenvalue weighted by Crippen LogP contribution is -2.32. The van der Waals surface area contributed by atoms with E-state index in [9.17, 15) is 4.39 Å². The molecule has 1 unspecified atom stereocenters. The highest BCUT2D eigenvalue weighted by atomic mass is 79.9. The molecule has 0 saturated heterocycles. The lowest BCUT2D eigenvalue weighted by molar-refractivity contribution is 0.439. The maximum atomic E-state index is 13.4. The minimum atomic E-state index is -0.271. The molecule has 0 amide bonds. The number of hydrogen-bond donors (Lipinski definition) is 1. The molecule has 2 heterocycles. The molecular formula is C12H12BrFN4. The van der Waals surface area contributed by atoms with Crippen molar-refractivity contribution in [2.75, 3.05) is 6.54 Å². The fourth-order valence-corrected chi connectivity index (χ4v) is 2.63. The van der Waals surface area contributed by atoms with Crippen LogP contribution in [0.2, 0.25) is 0 Å². The molecule has 0 fully saturated rings. The zero-order chi connectivity index (χ0) is 12.7. The zero-order valence-corrected chi connectivity index (χ0v) is 11.4. The van der Waals surface area contributed by atoms with Crippen LogP contribution in [0.1, 0.15) is 18.8 Å². The molecule has 6 heteroatoms. The Balaban J connectivity index is 2.15. The van der Waals surface area contributed by atoms with Crippen molar-refractivity contribution in [2.45, 2.75) is 19.5 Å².